The molecule has 3 aliphatic rings. The first kappa shape index (κ1) is 34.1. The van der Waals surface area contributed by atoms with Gasteiger partial charge in [0.05, 0.1) is 29.9 Å². The number of aromatic nitrogens is 3. The van der Waals surface area contributed by atoms with E-state index in [-0.39, 0.29) is 23.9 Å². The molecule has 3 aliphatic heterocycles. The van der Waals surface area contributed by atoms with E-state index in [0.717, 1.165) is 29.8 Å². The van der Waals surface area contributed by atoms with Crippen LogP contribution in [0.2, 0.25) is 0 Å². The summed E-state index contributed by atoms with van der Waals surface area (Å²) in [6.45, 7) is 14.7. The normalized spacial score (nSPS) is 20.4. The van der Waals surface area contributed by atoms with Crippen LogP contribution >= 0.6 is 0 Å². The van der Waals surface area contributed by atoms with Crippen LogP contribution in [-0.2, 0) is 16.0 Å². The molecular weight excluding hydrogens is 599 g/mol. The van der Waals surface area contributed by atoms with Gasteiger partial charge >= 0.3 is 5.97 Å². The standard InChI is InChI=1S/C33H35FN4O4.C4H10O/c1-20-7-6-16-41-33(4)12-14-37(15-13-33)32-25(18-30(39)40)22(3)35-29-19-27(36-38(29)32)23-8-5-9-24(17-23)31-21(2)26(34)10-11-28(31)42-20;1-4(2,3)5/h5-11,17,19-20H,12-16,18H2,1-4H3,(H,39,40);5H,1-3H3/b7-6+;. The van der Waals surface area contributed by atoms with Crippen LogP contribution < -0.4 is 9.64 Å². The van der Waals surface area contributed by atoms with E-state index in [4.69, 9.17) is 24.7 Å². The third-order valence-corrected chi connectivity index (χ3v) is 8.38. The number of ether oxygens (including phenoxy) is 2. The summed E-state index contributed by atoms with van der Waals surface area (Å²) in [6.07, 6.45) is 5.08. The molecule has 1 atom stereocenters. The van der Waals surface area contributed by atoms with Gasteiger partial charge in [0.15, 0.2) is 5.65 Å². The number of carboxylic acid groups (broad SMARTS) is 1. The lowest BCUT2D eigenvalue weighted by Gasteiger charge is -2.40. The van der Waals surface area contributed by atoms with Crippen molar-refractivity contribution in [3.63, 3.8) is 0 Å². The van der Waals surface area contributed by atoms with Crippen LogP contribution in [0.15, 0.2) is 54.6 Å². The van der Waals surface area contributed by atoms with Gasteiger partial charge < -0.3 is 24.6 Å². The zero-order chi connectivity index (χ0) is 34.1. The van der Waals surface area contributed by atoms with E-state index in [1.807, 2.05) is 56.3 Å². The Hall–Kier alpha value is -4.28. The van der Waals surface area contributed by atoms with Crippen molar-refractivity contribution in [1.29, 1.82) is 0 Å². The Morgan fingerprint density at radius 1 is 1.11 bits per heavy atom. The highest BCUT2D eigenvalue weighted by atomic mass is 19.1. The number of anilines is 1. The van der Waals surface area contributed by atoms with Crippen molar-refractivity contribution in [2.75, 3.05) is 24.6 Å². The first-order valence-electron chi connectivity index (χ1n) is 16.1. The summed E-state index contributed by atoms with van der Waals surface area (Å²) in [5.41, 5.74) is 4.66. The van der Waals surface area contributed by atoms with Gasteiger partial charge in [-0.15, -0.1) is 0 Å². The molecule has 0 saturated carbocycles. The molecule has 2 N–H and O–H groups in total. The number of carbonyl (C=O) groups is 1. The number of hydrogen-bond acceptors (Lipinski definition) is 7. The third kappa shape index (κ3) is 8.00. The Morgan fingerprint density at radius 3 is 2.47 bits per heavy atom. The number of fused-ring (bicyclic) bond motifs is 6. The molecule has 6 bridgehead atoms. The van der Waals surface area contributed by atoms with E-state index in [9.17, 15) is 14.3 Å². The van der Waals surface area contributed by atoms with Crippen molar-refractivity contribution < 1.29 is 28.9 Å². The van der Waals surface area contributed by atoms with E-state index in [1.54, 1.807) is 38.3 Å². The first-order chi connectivity index (χ1) is 22.1. The number of rotatable bonds is 2. The van der Waals surface area contributed by atoms with Crippen LogP contribution in [0, 0.1) is 19.7 Å². The maximum atomic E-state index is 14.8. The van der Waals surface area contributed by atoms with Gasteiger partial charge in [-0.05, 0) is 96.7 Å². The van der Waals surface area contributed by atoms with Crippen LogP contribution in [0.1, 0.15) is 64.3 Å². The van der Waals surface area contributed by atoms with E-state index < -0.39 is 11.6 Å². The second-order valence-electron chi connectivity index (χ2n) is 13.7. The minimum Gasteiger partial charge on any atom is -0.486 e. The van der Waals surface area contributed by atoms with Crippen molar-refractivity contribution in [3.8, 4) is 28.1 Å². The summed E-state index contributed by atoms with van der Waals surface area (Å²) < 4.78 is 29.3. The van der Waals surface area contributed by atoms with E-state index in [1.165, 1.54) is 6.07 Å². The summed E-state index contributed by atoms with van der Waals surface area (Å²) in [5, 5.41) is 23.2. The van der Waals surface area contributed by atoms with Crippen molar-refractivity contribution >= 4 is 17.4 Å². The zero-order valence-corrected chi connectivity index (χ0v) is 28.3. The van der Waals surface area contributed by atoms with Gasteiger partial charge in [-0.1, -0.05) is 24.3 Å². The van der Waals surface area contributed by atoms with Crippen LogP contribution in [0.5, 0.6) is 5.75 Å². The fraction of sp³-hybridized carbons (Fsp3) is 0.432. The molecule has 1 unspecified atom stereocenters. The van der Waals surface area contributed by atoms with Gasteiger partial charge in [0.25, 0.3) is 0 Å². The fourth-order valence-corrected chi connectivity index (χ4v) is 5.98. The highest BCUT2D eigenvalue weighted by Crippen LogP contribution is 2.38. The Kier molecular flexibility index (Phi) is 9.75. The summed E-state index contributed by atoms with van der Waals surface area (Å²) in [5.74, 6) is 0.125. The Morgan fingerprint density at radius 2 is 1.79 bits per heavy atom. The molecule has 0 spiro atoms. The van der Waals surface area contributed by atoms with Gasteiger partial charge in [-0.3, -0.25) is 4.79 Å². The quantitative estimate of drug-likeness (QED) is 0.226. The third-order valence-electron chi connectivity index (χ3n) is 8.38. The molecule has 250 valence electrons. The predicted octanol–water partition coefficient (Wildman–Crippen LogP) is 6.94. The number of carboxylic acids is 1. The molecule has 0 radical (unpaired) electrons. The maximum Gasteiger partial charge on any atom is 0.308 e. The van der Waals surface area contributed by atoms with Crippen LogP contribution in [-0.4, -0.2) is 67.8 Å². The Bertz CT molecular complexity index is 1790. The van der Waals surface area contributed by atoms with Crippen LogP contribution in [0.25, 0.3) is 28.0 Å². The second kappa shape index (κ2) is 13.4. The van der Waals surface area contributed by atoms with Crippen molar-refractivity contribution in [1.82, 2.24) is 14.6 Å². The average Bonchev–Trinajstić information content (AvgIpc) is 3.41. The van der Waals surface area contributed by atoms with Gasteiger partial charge in [0.2, 0.25) is 0 Å². The summed E-state index contributed by atoms with van der Waals surface area (Å²) in [7, 11) is 0. The Balaban J connectivity index is 0.000000807. The van der Waals surface area contributed by atoms with Crippen LogP contribution in [0.3, 0.4) is 0 Å². The topological polar surface area (TPSA) is 109 Å². The Labute approximate surface area is 275 Å². The predicted molar refractivity (Wildman–Crippen MR) is 182 cm³/mol. The van der Waals surface area contributed by atoms with E-state index >= 15 is 0 Å². The van der Waals surface area contributed by atoms with Crippen molar-refractivity contribution in [2.45, 2.75) is 85.0 Å². The molecule has 2 aromatic heterocycles. The molecule has 10 heteroatoms. The number of hydrogen-bond donors (Lipinski definition) is 2. The second-order valence-corrected chi connectivity index (χ2v) is 13.7. The van der Waals surface area contributed by atoms with Gasteiger partial charge in [0, 0.05) is 41.5 Å². The lowest BCUT2D eigenvalue weighted by molar-refractivity contribution is -0.136. The molecule has 47 heavy (non-hydrogen) atoms. The molecule has 5 heterocycles. The van der Waals surface area contributed by atoms with E-state index in [0.29, 0.717) is 59.2 Å². The molecule has 7 rings (SSSR count). The number of aliphatic hydroxyl groups is 1. The minimum absolute atomic E-state index is 0.149. The largest absolute Gasteiger partial charge is 0.486 e. The molecular formula is C37H45FN4O5. The first-order valence-corrected chi connectivity index (χ1v) is 16.1. The average molecular weight is 645 g/mol. The summed E-state index contributed by atoms with van der Waals surface area (Å²) in [4.78, 5) is 18.9. The van der Waals surface area contributed by atoms with Gasteiger partial charge in [-0.2, -0.15) is 9.61 Å². The molecule has 1 fully saturated rings. The number of halogens is 1. The smallest absolute Gasteiger partial charge is 0.308 e. The van der Waals surface area contributed by atoms with Crippen molar-refractivity contribution in [2.24, 2.45) is 0 Å². The SMILES string of the molecule is CC(C)(C)O.Cc1nc2cc3nn2c(c1CC(=O)O)N1CCC(C)(CC1)OC/C=C/C(C)Oc1ccc(F)c(C)c1-c1cccc-3c1. The number of aliphatic carboxylic acids is 1. The number of piperidine rings is 1. The summed E-state index contributed by atoms with van der Waals surface area (Å²) >= 11 is 0. The van der Waals surface area contributed by atoms with Crippen LogP contribution in [0.4, 0.5) is 10.2 Å². The monoisotopic (exact) mass is 644 g/mol. The number of nitrogens with zero attached hydrogens (tertiary/aromatic N) is 4. The molecule has 4 aromatic rings. The molecule has 0 amide bonds. The highest BCUT2D eigenvalue weighted by molar-refractivity contribution is 5.79. The number of aryl methyl sites for hydroxylation is 1. The number of benzene rings is 2. The van der Waals surface area contributed by atoms with Crippen molar-refractivity contribution in [3.05, 3.63) is 77.3 Å². The van der Waals surface area contributed by atoms with Gasteiger partial charge in [-0.25, -0.2) is 9.37 Å². The minimum atomic E-state index is -0.916. The zero-order valence-electron chi connectivity index (χ0n) is 28.3. The molecule has 2 aromatic carbocycles. The molecule has 1 saturated heterocycles. The fourth-order valence-electron chi connectivity index (χ4n) is 5.98. The molecule has 0 aliphatic carbocycles. The molecule has 9 nitrogen and oxygen atoms in total. The van der Waals surface area contributed by atoms with Gasteiger partial charge in [0.1, 0.15) is 23.5 Å². The lowest BCUT2D eigenvalue weighted by Crippen LogP contribution is -2.45. The summed E-state index contributed by atoms with van der Waals surface area (Å²) in [6, 6.07) is 12.8. The highest BCUT2D eigenvalue weighted by Gasteiger charge is 2.33. The van der Waals surface area contributed by atoms with E-state index in [2.05, 4.69) is 11.8 Å². The maximum absolute atomic E-state index is 14.8. The lowest BCUT2D eigenvalue weighted by atomic mass is 9.93.